The third-order valence-corrected chi connectivity index (χ3v) is 5.84. The summed E-state index contributed by atoms with van der Waals surface area (Å²) in [5.41, 5.74) is 7.22. The Morgan fingerprint density at radius 1 is 1.35 bits per heavy atom. The summed E-state index contributed by atoms with van der Waals surface area (Å²) in [5, 5.41) is 11.4. The Hall–Kier alpha value is -0.940. The van der Waals surface area contributed by atoms with Gasteiger partial charge in [0.1, 0.15) is 12.0 Å². The van der Waals surface area contributed by atoms with Gasteiger partial charge in [-0.15, -0.1) is 0 Å². The molecular weight excluding hydrogens is 348 g/mol. The fourth-order valence-corrected chi connectivity index (χ4v) is 3.71. The lowest BCUT2D eigenvalue weighted by Gasteiger charge is -2.38. The molecule has 0 spiro atoms. The van der Waals surface area contributed by atoms with E-state index in [1.807, 2.05) is 49.9 Å². The first kappa shape index (κ1) is 21.4. The van der Waals surface area contributed by atoms with Gasteiger partial charge in [0.2, 0.25) is 0 Å². The molecule has 4 atom stereocenters. The predicted octanol–water partition coefficient (Wildman–Crippen LogP) is 3.95. The smallest absolute Gasteiger partial charge is 0.150 e. The molecule has 0 aromatic heterocycles. The fourth-order valence-electron chi connectivity index (χ4n) is 3.59. The highest BCUT2D eigenvalue weighted by atomic mass is 35.5. The monoisotopic (exact) mass is 380 g/mol. The Morgan fingerprint density at radius 3 is 2.54 bits per heavy atom. The Morgan fingerprint density at radius 2 is 1.96 bits per heavy atom. The van der Waals surface area contributed by atoms with Gasteiger partial charge in [-0.2, -0.15) is 0 Å². The molecule has 3 N–H and O–H groups in total. The SMILES string of the molecule is C[C@H](CCC(=O)[C@@H]1CCCN1C(O)[C@@H](N)C(C)(C)C)c1ccc(Cl)cc1. The van der Waals surface area contributed by atoms with Crippen LogP contribution in [0.5, 0.6) is 0 Å². The van der Waals surface area contributed by atoms with E-state index in [1.54, 1.807) is 0 Å². The van der Waals surface area contributed by atoms with Crippen molar-refractivity contribution in [2.45, 2.75) is 77.6 Å². The molecule has 1 aliphatic rings. The van der Waals surface area contributed by atoms with Gasteiger partial charge < -0.3 is 10.8 Å². The van der Waals surface area contributed by atoms with Gasteiger partial charge in [0.25, 0.3) is 0 Å². The van der Waals surface area contributed by atoms with Gasteiger partial charge in [-0.25, -0.2) is 0 Å². The van der Waals surface area contributed by atoms with E-state index in [4.69, 9.17) is 17.3 Å². The quantitative estimate of drug-likeness (QED) is 0.751. The number of hydrogen-bond acceptors (Lipinski definition) is 4. The number of rotatable bonds is 7. The van der Waals surface area contributed by atoms with Crippen molar-refractivity contribution in [2.24, 2.45) is 11.1 Å². The average molecular weight is 381 g/mol. The van der Waals surface area contributed by atoms with Crippen LogP contribution in [0.4, 0.5) is 0 Å². The van der Waals surface area contributed by atoms with Crippen molar-refractivity contribution in [1.29, 1.82) is 0 Å². The van der Waals surface area contributed by atoms with Gasteiger partial charge in [0.05, 0.1) is 6.04 Å². The molecule has 1 fully saturated rings. The van der Waals surface area contributed by atoms with Crippen LogP contribution in [0.15, 0.2) is 24.3 Å². The Bertz CT molecular complexity index is 597. The second kappa shape index (κ2) is 8.83. The minimum Gasteiger partial charge on any atom is -0.377 e. The summed E-state index contributed by atoms with van der Waals surface area (Å²) in [7, 11) is 0. The topological polar surface area (TPSA) is 66.6 Å². The van der Waals surface area contributed by atoms with Crippen molar-refractivity contribution >= 4 is 17.4 Å². The maximum absolute atomic E-state index is 12.8. The number of carbonyl (C=O) groups is 1. The first-order valence-corrected chi connectivity index (χ1v) is 9.96. The van der Waals surface area contributed by atoms with Crippen LogP contribution in [0.1, 0.15) is 64.9 Å². The van der Waals surface area contributed by atoms with Gasteiger partial charge >= 0.3 is 0 Å². The molecule has 1 aliphatic heterocycles. The Labute approximate surface area is 162 Å². The third kappa shape index (κ3) is 5.29. The third-order valence-electron chi connectivity index (χ3n) is 5.59. The molecule has 1 saturated heterocycles. The number of Topliss-reactive ketones (excluding diaryl/α,β-unsaturated/α-hetero) is 1. The molecule has 0 saturated carbocycles. The summed E-state index contributed by atoms with van der Waals surface area (Å²) in [5.74, 6) is 0.510. The molecule has 5 heteroatoms. The van der Waals surface area contributed by atoms with Crippen molar-refractivity contribution in [3.63, 3.8) is 0 Å². The summed E-state index contributed by atoms with van der Waals surface area (Å²) in [4.78, 5) is 14.7. The van der Waals surface area contributed by atoms with Crippen LogP contribution in [-0.2, 0) is 4.79 Å². The van der Waals surface area contributed by atoms with E-state index in [1.165, 1.54) is 5.56 Å². The summed E-state index contributed by atoms with van der Waals surface area (Å²) >= 11 is 5.94. The average Bonchev–Trinajstić information content (AvgIpc) is 3.07. The highest BCUT2D eigenvalue weighted by Gasteiger charge is 2.39. The van der Waals surface area contributed by atoms with E-state index < -0.39 is 6.23 Å². The molecule has 0 bridgehead atoms. The lowest BCUT2D eigenvalue weighted by molar-refractivity contribution is -0.129. The van der Waals surface area contributed by atoms with E-state index in [2.05, 4.69) is 6.92 Å². The molecule has 1 aromatic rings. The van der Waals surface area contributed by atoms with Gasteiger partial charge in [0, 0.05) is 24.0 Å². The second-order valence-electron chi connectivity index (χ2n) is 8.66. The predicted molar refractivity (Wildman–Crippen MR) is 107 cm³/mol. The number of halogens is 1. The maximum Gasteiger partial charge on any atom is 0.150 e. The largest absolute Gasteiger partial charge is 0.377 e. The molecule has 146 valence electrons. The van der Waals surface area contributed by atoms with Crippen LogP contribution in [0.3, 0.4) is 0 Å². The number of nitrogens with zero attached hydrogens (tertiary/aromatic N) is 1. The maximum atomic E-state index is 12.8. The van der Waals surface area contributed by atoms with Crippen LogP contribution in [0.25, 0.3) is 0 Å². The first-order valence-electron chi connectivity index (χ1n) is 9.59. The van der Waals surface area contributed by atoms with Crippen molar-refractivity contribution in [3.8, 4) is 0 Å². The van der Waals surface area contributed by atoms with E-state index in [9.17, 15) is 9.90 Å². The summed E-state index contributed by atoms with van der Waals surface area (Å²) < 4.78 is 0. The van der Waals surface area contributed by atoms with Crippen molar-refractivity contribution in [3.05, 3.63) is 34.9 Å². The number of ketones is 1. The van der Waals surface area contributed by atoms with Gasteiger partial charge in [-0.1, -0.05) is 51.4 Å². The molecule has 1 heterocycles. The zero-order chi connectivity index (χ0) is 19.5. The fraction of sp³-hybridized carbons (Fsp3) is 0.667. The number of aliphatic hydroxyl groups is 1. The normalized spacial score (nSPS) is 22.2. The van der Waals surface area contributed by atoms with E-state index in [0.717, 1.165) is 30.8 Å². The molecule has 0 aliphatic carbocycles. The summed E-state index contributed by atoms with van der Waals surface area (Å²) in [6.07, 6.45) is 2.27. The van der Waals surface area contributed by atoms with Crippen molar-refractivity contribution in [1.82, 2.24) is 4.90 Å². The Balaban J connectivity index is 1.94. The minimum absolute atomic E-state index is 0.210. The number of nitrogens with two attached hydrogens (primary N) is 1. The number of benzene rings is 1. The molecule has 4 nitrogen and oxygen atoms in total. The molecule has 2 rings (SSSR count). The standard InChI is InChI=1S/C21H33ClN2O2/c1-14(15-8-10-16(22)11-9-15)7-12-18(25)17-6-5-13-24(17)20(26)19(23)21(2,3)4/h8-11,14,17,19-20,26H,5-7,12-13,23H2,1-4H3/t14-,17+,19-,20?/m1/s1. The molecular formula is C21H33ClN2O2. The second-order valence-corrected chi connectivity index (χ2v) is 9.10. The molecule has 0 radical (unpaired) electrons. The zero-order valence-corrected chi connectivity index (χ0v) is 17.2. The van der Waals surface area contributed by atoms with Crippen LogP contribution in [-0.4, -0.2) is 40.6 Å². The van der Waals surface area contributed by atoms with Crippen molar-refractivity contribution < 1.29 is 9.90 Å². The Kier molecular flexibility index (Phi) is 7.26. The molecule has 26 heavy (non-hydrogen) atoms. The molecule has 1 aromatic carbocycles. The van der Waals surface area contributed by atoms with Crippen molar-refractivity contribution in [2.75, 3.05) is 6.54 Å². The van der Waals surface area contributed by atoms with Crippen LogP contribution in [0, 0.1) is 5.41 Å². The van der Waals surface area contributed by atoms with Crippen LogP contribution in [0.2, 0.25) is 5.02 Å². The molecule has 0 amide bonds. The van der Waals surface area contributed by atoms with Gasteiger partial charge in [-0.05, 0) is 48.3 Å². The summed E-state index contributed by atoms with van der Waals surface area (Å²) in [6, 6.07) is 7.22. The van der Waals surface area contributed by atoms with Gasteiger partial charge in [0.15, 0.2) is 0 Å². The first-order chi connectivity index (χ1) is 12.1. The van der Waals surface area contributed by atoms with Crippen LogP contribution < -0.4 is 5.73 Å². The summed E-state index contributed by atoms with van der Waals surface area (Å²) in [6.45, 7) is 8.91. The lowest BCUT2D eigenvalue weighted by Crippen LogP contribution is -2.56. The molecule has 1 unspecified atom stereocenters. The van der Waals surface area contributed by atoms with E-state index >= 15 is 0 Å². The van der Waals surface area contributed by atoms with Crippen LogP contribution >= 0.6 is 11.6 Å². The van der Waals surface area contributed by atoms with E-state index in [-0.39, 0.29) is 23.3 Å². The number of likely N-dealkylation sites (tertiary alicyclic amines) is 1. The highest BCUT2D eigenvalue weighted by Crippen LogP contribution is 2.29. The lowest BCUT2D eigenvalue weighted by atomic mass is 9.85. The minimum atomic E-state index is -0.778. The highest BCUT2D eigenvalue weighted by molar-refractivity contribution is 6.30. The van der Waals surface area contributed by atoms with Gasteiger partial charge in [-0.3, -0.25) is 9.69 Å². The number of hydrogen-bond donors (Lipinski definition) is 2. The number of aliphatic hydroxyl groups excluding tert-OH is 1. The number of carbonyl (C=O) groups excluding carboxylic acids is 1. The van der Waals surface area contributed by atoms with E-state index in [0.29, 0.717) is 12.3 Å². The zero-order valence-electron chi connectivity index (χ0n) is 16.4.